The van der Waals surface area contributed by atoms with Gasteiger partial charge in [0, 0.05) is 43.4 Å². The van der Waals surface area contributed by atoms with E-state index in [9.17, 15) is 13.2 Å². The predicted octanol–water partition coefficient (Wildman–Crippen LogP) is 3.98. The zero-order valence-corrected chi connectivity index (χ0v) is 18.5. The molecule has 0 unspecified atom stereocenters. The van der Waals surface area contributed by atoms with Crippen LogP contribution < -0.4 is 15.5 Å². The van der Waals surface area contributed by atoms with Gasteiger partial charge < -0.3 is 15.5 Å². The first-order valence-corrected chi connectivity index (χ1v) is 12.3. The Morgan fingerprint density at radius 1 is 0.938 bits per heavy atom. The summed E-state index contributed by atoms with van der Waals surface area (Å²) in [6.07, 6.45) is 5.75. The molecule has 0 radical (unpaired) electrons. The molecule has 1 aliphatic rings. The Bertz CT molecular complexity index is 1140. The van der Waals surface area contributed by atoms with E-state index in [4.69, 9.17) is 0 Å². The Labute approximate surface area is 188 Å². The van der Waals surface area contributed by atoms with Crippen molar-refractivity contribution in [3.05, 3.63) is 84.2 Å². The van der Waals surface area contributed by atoms with Gasteiger partial charge in [-0.3, -0.25) is 4.98 Å². The number of rotatable bonds is 7. The topological polar surface area (TPSA) is 91.4 Å². The second-order valence-electron chi connectivity index (χ2n) is 7.81. The molecule has 0 saturated carbocycles. The highest BCUT2D eigenvalue weighted by Gasteiger charge is 2.17. The monoisotopic (exact) mass is 450 g/mol. The van der Waals surface area contributed by atoms with Crippen LogP contribution in [0.3, 0.4) is 0 Å². The van der Waals surface area contributed by atoms with Gasteiger partial charge in [-0.05, 0) is 66.4 Å². The molecule has 2 aromatic carbocycles. The van der Waals surface area contributed by atoms with Gasteiger partial charge in [0.2, 0.25) is 0 Å². The molecule has 1 fully saturated rings. The van der Waals surface area contributed by atoms with Crippen molar-refractivity contribution < 1.29 is 13.2 Å². The summed E-state index contributed by atoms with van der Waals surface area (Å²) >= 11 is 0. The number of aromatic nitrogens is 1. The van der Waals surface area contributed by atoms with Gasteiger partial charge in [0.25, 0.3) is 0 Å². The van der Waals surface area contributed by atoms with Gasteiger partial charge >= 0.3 is 6.03 Å². The molecule has 3 aromatic rings. The van der Waals surface area contributed by atoms with Crippen LogP contribution in [0.1, 0.15) is 24.0 Å². The Morgan fingerprint density at radius 2 is 1.66 bits per heavy atom. The molecule has 8 heteroatoms. The zero-order chi connectivity index (χ0) is 22.4. The summed E-state index contributed by atoms with van der Waals surface area (Å²) in [4.78, 5) is 18.6. The van der Waals surface area contributed by atoms with Crippen molar-refractivity contribution in [2.24, 2.45) is 0 Å². The van der Waals surface area contributed by atoms with E-state index < -0.39 is 9.84 Å². The van der Waals surface area contributed by atoms with Crippen molar-refractivity contribution in [2.45, 2.75) is 30.0 Å². The molecule has 0 atom stereocenters. The number of anilines is 2. The lowest BCUT2D eigenvalue weighted by atomic mass is 10.2. The molecule has 166 valence electrons. The number of amides is 2. The summed E-state index contributed by atoms with van der Waals surface area (Å²) < 4.78 is 25.6. The van der Waals surface area contributed by atoms with E-state index in [0.29, 0.717) is 12.2 Å². The molecular formula is C24H26N4O3S. The zero-order valence-electron chi connectivity index (χ0n) is 17.7. The van der Waals surface area contributed by atoms with Crippen molar-refractivity contribution in [1.82, 2.24) is 10.3 Å². The SMILES string of the molecule is O=C(NCc1cccnc1)Nc1ccc(S(=O)(=O)Cc2ccc(N3CCCC3)cc2)cc1. The third-order valence-electron chi connectivity index (χ3n) is 5.41. The molecule has 4 rings (SSSR count). The van der Waals surface area contributed by atoms with Crippen LogP contribution in [0.15, 0.2) is 78.0 Å². The number of carbonyl (C=O) groups is 1. The van der Waals surface area contributed by atoms with Crippen molar-refractivity contribution in [3.63, 3.8) is 0 Å². The number of pyridine rings is 1. The molecule has 7 nitrogen and oxygen atoms in total. The van der Waals surface area contributed by atoms with Gasteiger partial charge in [-0.1, -0.05) is 18.2 Å². The number of urea groups is 1. The first-order chi connectivity index (χ1) is 15.5. The Kier molecular flexibility index (Phi) is 6.70. The van der Waals surface area contributed by atoms with Gasteiger partial charge in [-0.2, -0.15) is 0 Å². The average Bonchev–Trinajstić information content (AvgIpc) is 3.34. The second kappa shape index (κ2) is 9.82. The molecular weight excluding hydrogens is 424 g/mol. The number of sulfone groups is 1. The van der Waals surface area contributed by atoms with Gasteiger partial charge in [-0.25, -0.2) is 13.2 Å². The summed E-state index contributed by atoms with van der Waals surface area (Å²) in [6, 6.07) is 17.3. The van der Waals surface area contributed by atoms with E-state index in [2.05, 4.69) is 20.5 Å². The van der Waals surface area contributed by atoms with Gasteiger partial charge in [0.1, 0.15) is 0 Å². The lowest BCUT2D eigenvalue weighted by Gasteiger charge is -2.17. The van der Waals surface area contributed by atoms with Crippen LogP contribution in [0.5, 0.6) is 0 Å². The third kappa shape index (κ3) is 5.64. The maximum Gasteiger partial charge on any atom is 0.319 e. The fourth-order valence-corrected chi connectivity index (χ4v) is 5.04. The lowest BCUT2D eigenvalue weighted by molar-refractivity contribution is 0.251. The molecule has 2 heterocycles. The normalized spacial score (nSPS) is 13.7. The maximum absolute atomic E-state index is 12.8. The first-order valence-electron chi connectivity index (χ1n) is 10.6. The smallest absolute Gasteiger partial charge is 0.319 e. The minimum atomic E-state index is -3.49. The van der Waals surface area contributed by atoms with E-state index >= 15 is 0 Å². The molecule has 1 saturated heterocycles. The number of hydrogen-bond donors (Lipinski definition) is 2. The fourth-order valence-electron chi connectivity index (χ4n) is 3.69. The Balaban J connectivity index is 1.33. The Hall–Kier alpha value is -3.39. The van der Waals surface area contributed by atoms with Crippen molar-refractivity contribution in [2.75, 3.05) is 23.3 Å². The average molecular weight is 451 g/mol. The van der Waals surface area contributed by atoms with Crippen LogP contribution in [0.4, 0.5) is 16.2 Å². The molecule has 1 aliphatic heterocycles. The molecule has 1 aromatic heterocycles. The van der Waals surface area contributed by atoms with E-state index in [1.807, 2.05) is 30.3 Å². The molecule has 2 N–H and O–H groups in total. The summed E-state index contributed by atoms with van der Waals surface area (Å²) in [5, 5.41) is 5.44. The summed E-state index contributed by atoms with van der Waals surface area (Å²) in [6.45, 7) is 2.46. The van der Waals surface area contributed by atoms with E-state index in [-0.39, 0.29) is 16.7 Å². The van der Waals surface area contributed by atoms with Crippen molar-refractivity contribution >= 4 is 27.2 Å². The lowest BCUT2D eigenvalue weighted by Crippen LogP contribution is -2.28. The van der Waals surface area contributed by atoms with Crippen LogP contribution in [-0.2, 0) is 22.1 Å². The Morgan fingerprint density at radius 3 is 2.31 bits per heavy atom. The van der Waals surface area contributed by atoms with Crippen LogP contribution in [0.2, 0.25) is 0 Å². The fraction of sp³-hybridized carbons (Fsp3) is 0.250. The number of nitrogens with one attached hydrogen (secondary N) is 2. The number of benzene rings is 2. The second-order valence-corrected chi connectivity index (χ2v) is 9.80. The predicted molar refractivity (Wildman–Crippen MR) is 125 cm³/mol. The van der Waals surface area contributed by atoms with Gasteiger partial charge in [0.05, 0.1) is 10.6 Å². The highest BCUT2D eigenvalue weighted by Crippen LogP contribution is 2.23. The summed E-state index contributed by atoms with van der Waals surface area (Å²) in [5.74, 6) is -0.0638. The molecule has 0 aliphatic carbocycles. The number of hydrogen-bond acceptors (Lipinski definition) is 5. The number of carbonyl (C=O) groups excluding carboxylic acids is 1. The third-order valence-corrected chi connectivity index (χ3v) is 7.12. The molecule has 32 heavy (non-hydrogen) atoms. The van der Waals surface area contributed by atoms with E-state index in [0.717, 1.165) is 29.9 Å². The highest BCUT2D eigenvalue weighted by atomic mass is 32.2. The minimum absolute atomic E-state index is 0.0638. The van der Waals surface area contributed by atoms with E-state index in [1.54, 1.807) is 30.6 Å². The van der Waals surface area contributed by atoms with Crippen molar-refractivity contribution in [3.8, 4) is 0 Å². The van der Waals surface area contributed by atoms with Crippen LogP contribution >= 0.6 is 0 Å². The first kappa shape index (κ1) is 21.8. The number of nitrogens with zero attached hydrogens (tertiary/aromatic N) is 2. The van der Waals surface area contributed by atoms with Crippen LogP contribution in [0.25, 0.3) is 0 Å². The largest absolute Gasteiger partial charge is 0.372 e. The summed E-state index contributed by atoms with van der Waals surface area (Å²) in [5.41, 5.74) is 3.30. The van der Waals surface area contributed by atoms with Crippen LogP contribution in [-0.4, -0.2) is 32.5 Å². The van der Waals surface area contributed by atoms with E-state index in [1.165, 1.54) is 25.0 Å². The molecule has 0 bridgehead atoms. The standard InChI is InChI=1S/C24H26N4O3S/c29-24(26-17-20-4-3-13-25-16-20)27-21-7-11-23(12-8-21)32(30,31)18-19-5-9-22(10-6-19)28-14-1-2-15-28/h3-13,16H,1-2,14-15,17-18H2,(H2,26,27,29). The molecule has 2 amide bonds. The highest BCUT2D eigenvalue weighted by molar-refractivity contribution is 7.90. The van der Waals surface area contributed by atoms with Gasteiger partial charge in [-0.15, -0.1) is 0 Å². The summed E-state index contributed by atoms with van der Waals surface area (Å²) in [7, 11) is -3.49. The minimum Gasteiger partial charge on any atom is -0.372 e. The van der Waals surface area contributed by atoms with Gasteiger partial charge in [0.15, 0.2) is 9.84 Å². The molecule has 0 spiro atoms. The quantitative estimate of drug-likeness (QED) is 0.568. The van der Waals surface area contributed by atoms with Crippen molar-refractivity contribution in [1.29, 1.82) is 0 Å². The maximum atomic E-state index is 12.8. The van der Waals surface area contributed by atoms with Crippen LogP contribution in [0, 0.1) is 0 Å².